The van der Waals surface area contributed by atoms with Crippen molar-refractivity contribution in [3.05, 3.63) is 0 Å². The monoisotopic (exact) mass is 342 g/mol. The summed E-state index contributed by atoms with van der Waals surface area (Å²) in [5.74, 6) is 2.17. The molecule has 1 rings (SSSR count). The molecule has 2 atom stereocenters. The zero-order valence-electron chi connectivity index (χ0n) is 14.8. The Hall–Kier alpha value is 0.543. The zero-order valence-corrected chi connectivity index (χ0v) is 16.9. The van der Waals surface area contributed by atoms with Crippen LogP contribution in [0.1, 0.15) is 85.5 Å². The van der Waals surface area contributed by atoms with E-state index in [-0.39, 0.29) is 0 Å². The molecule has 1 saturated carbocycles. The molecule has 1 aliphatic carbocycles. The van der Waals surface area contributed by atoms with Crippen LogP contribution in [-0.2, 0) is 0 Å². The SMILES string of the molecule is CCC[CH2][Ge]([CH2]CCC)([CH2]CCC)[CH2]C1CCCC1C. The van der Waals surface area contributed by atoms with E-state index in [0.29, 0.717) is 0 Å². The summed E-state index contributed by atoms with van der Waals surface area (Å²) >= 11 is -1.55. The third-order valence-corrected chi connectivity index (χ3v) is 17.7. The summed E-state index contributed by atoms with van der Waals surface area (Å²) in [6.45, 7) is 9.73. The fraction of sp³-hybridized carbons (Fsp3) is 1.00. The van der Waals surface area contributed by atoms with E-state index >= 15 is 0 Å². The van der Waals surface area contributed by atoms with E-state index < -0.39 is 13.3 Å². The predicted molar refractivity (Wildman–Crippen MR) is 96.2 cm³/mol. The molecule has 0 nitrogen and oxygen atoms in total. The van der Waals surface area contributed by atoms with Crippen LogP contribution in [-0.4, -0.2) is 13.3 Å². The summed E-state index contributed by atoms with van der Waals surface area (Å²) in [5.41, 5.74) is 0. The van der Waals surface area contributed by atoms with Crippen LogP contribution in [0.25, 0.3) is 0 Å². The molecule has 120 valence electrons. The van der Waals surface area contributed by atoms with E-state index in [2.05, 4.69) is 27.7 Å². The van der Waals surface area contributed by atoms with E-state index in [1.165, 1.54) is 51.4 Å². The summed E-state index contributed by atoms with van der Waals surface area (Å²) in [4.78, 5) is 0. The van der Waals surface area contributed by atoms with E-state index in [9.17, 15) is 0 Å². The first kappa shape index (κ1) is 18.6. The quantitative estimate of drug-likeness (QED) is 0.347. The molecule has 0 aromatic carbocycles. The molecule has 0 saturated heterocycles. The summed E-state index contributed by atoms with van der Waals surface area (Å²) in [7, 11) is 0. The molecular weight excluding hydrogens is 301 g/mol. The predicted octanol–water partition coefficient (Wildman–Crippen LogP) is 7.27. The summed E-state index contributed by atoms with van der Waals surface area (Å²) in [6, 6.07) is 0. The number of hydrogen-bond acceptors (Lipinski definition) is 0. The van der Waals surface area contributed by atoms with Crippen molar-refractivity contribution in [2.24, 2.45) is 11.8 Å². The van der Waals surface area contributed by atoms with Crippen LogP contribution in [0.4, 0.5) is 0 Å². The Morgan fingerprint density at radius 3 is 1.65 bits per heavy atom. The molecule has 1 fully saturated rings. The zero-order chi connectivity index (χ0) is 14.8. The third-order valence-electron chi connectivity index (χ3n) is 5.92. The molecule has 20 heavy (non-hydrogen) atoms. The van der Waals surface area contributed by atoms with E-state index in [1.807, 2.05) is 0 Å². The van der Waals surface area contributed by atoms with E-state index in [4.69, 9.17) is 0 Å². The van der Waals surface area contributed by atoms with Crippen LogP contribution in [0.2, 0.25) is 21.0 Å². The molecular formula is C19H40Ge. The Morgan fingerprint density at radius 1 is 0.800 bits per heavy atom. The van der Waals surface area contributed by atoms with Gasteiger partial charge in [0.1, 0.15) is 0 Å². The summed E-state index contributed by atoms with van der Waals surface area (Å²) in [6.07, 6.45) is 13.5. The van der Waals surface area contributed by atoms with Gasteiger partial charge in [-0.3, -0.25) is 0 Å². The third kappa shape index (κ3) is 6.12. The molecule has 2 unspecified atom stereocenters. The van der Waals surface area contributed by atoms with Crippen LogP contribution in [0.5, 0.6) is 0 Å². The Bertz CT molecular complexity index is 214. The Balaban J connectivity index is 2.69. The molecule has 0 spiro atoms. The van der Waals surface area contributed by atoms with Gasteiger partial charge < -0.3 is 0 Å². The van der Waals surface area contributed by atoms with Crippen LogP contribution in [0.3, 0.4) is 0 Å². The summed E-state index contributed by atoms with van der Waals surface area (Å²) < 4.78 is 0. The van der Waals surface area contributed by atoms with E-state index in [1.54, 1.807) is 27.4 Å². The average molecular weight is 341 g/mol. The van der Waals surface area contributed by atoms with Gasteiger partial charge in [-0.25, -0.2) is 0 Å². The second kappa shape index (κ2) is 10.3. The van der Waals surface area contributed by atoms with Crippen molar-refractivity contribution >= 4 is 13.3 Å². The van der Waals surface area contributed by atoms with Crippen molar-refractivity contribution < 1.29 is 0 Å². The second-order valence-corrected chi connectivity index (χ2v) is 18.0. The van der Waals surface area contributed by atoms with Crippen molar-refractivity contribution in [3.63, 3.8) is 0 Å². The maximum atomic E-state index is 2.55. The number of unbranched alkanes of at least 4 members (excludes halogenated alkanes) is 3. The van der Waals surface area contributed by atoms with Gasteiger partial charge >= 0.3 is 132 Å². The molecule has 0 amide bonds. The normalized spacial score (nSPS) is 23.4. The van der Waals surface area contributed by atoms with Crippen molar-refractivity contribution in [1.82, 2.24) is 0 Å². The second-order valence-electron chi connectivity index (χ2n) is 7.68. The van der Waals surface area contributed by atoms with Crippen molar-refractivity contribution in [3.8, 4) is 0 Å². The van der Waals surface area contributed by atoms with Gasteiger partial charge in [-0.15, -0.1) is 0 Å². The fourth-order valence-corrected chi connectivity index (χ4v) is 17.8. The Morgan fingerprint density at radius 2 is 1.30 bits per heavy atom. The molecule has 0 radical (unpaired) electrons. The van der Waals surface area contributed by atoms with Gasteiger partial charge in [-0.05, 0) is 0 Å². The van der Waals surface area contributed by atoms with Crippen LogP contribution in [0, 0.1) is 11.8 Å². The molecule has 1 heteroatoms. The van der Waals surface area contributed by atoms with Gasteiger partial charge in [0.2, 0.25) is 0 Å². The minimum absolute atomic E-state index is 1.05. The minimum atomic E-state index is -1.55. The number of hydrogen-bond donors (Lipinski definition) is 0. The first-order valence-corrected chi connectivity index (χ1v) is 15.6. The van der Waals surface area contributed by atoms with Crippen molar-refractivity contribution in [2.75, 3.05) is 0 Å². The molecule has 0 aromatic rings. The molecule has 0 heterocycles. The topological polar surface area (TPSA) is 0 Å². The van der Waals surface area contributed by atoms with Crippen molar-refractivity contribution in [2.45, 2.75) is 106 Å². The first-order valence-electron chi connectivity index (χ1n) is 9.67. The Kier molecular flexibility index (Phi) is 9.57. The van der Waals surface area contributed by atoms with Gasteiger partial charge in [0.15, 0.2) is 0 Å². The van der Waals surface area contributed by atoms with Gasteiger partial charge in [0.05, 0.1) is 0 Å². The average Bonchev–Trinajstić information content (AvgIpc) is 2.85. The van der Waals surface area contributed by atoms with Crippen molar-refractivity contribution in [1.29, 1.82) is 0 Å². The number of rotatable bonds is 11. The standard InChI is InChI=1S/C19H40Ge/c1-5-8-14-20(15-9-6-2,16-10-7-3)17-19-13-11-12-18(19)4/h18-19H,5-17H2,1-4H3. The first-order chi connectivity index (χ1) is 9.67. The van der Waals surface area contributed by atoms with Crippen LogP contribution < -0.4 is 0 Å². The van der Waals surface area contributed by atoms with Crippen LogP contribution >= 0.6 is 0 Å². The molecule has 0 N–H and O–H groups in total. The van der Waals surface area contributed by atoms with Gasteiger partial charge in [-0.1, -0.05) is 0 Å². The molecule has 1 aliphatic rings. The molecule has 0 aromatic heterocycles. The molecule has 0 bridgehead atoms. The van der Waals surface area contributed by atoms with Crippen LogP contribution in [0.15, 0.2) is 0 Å². The maximum absolute atomic E-state index is 2.55. The van der Waals surface area contributed by atoms with Gasteiger partial charge in [-0.2, -0.15) is 0 Å². The summed E-state index contributed by atoms with van der Waals surface area (Å²) in [5, 5.41) is 6.82. The fourth-order valence-electron chi connectivity index (χ4n) is 4.42. The van der Waals surface area contributed by atoms with Gasteiger partial charge in [0, 0.05) is 0 Å². The molecule has 0 aliphatic heterocycles. The van der Waals surface area contributed by atoms with Gasteiger partial charge in [0.25, 0.3) is 0 Å². The van der Waals surface area contributed by atoms with E-state index in [0.717, 1.165) is 11.8 Å². The Labute approximate surface area is 131 Å².